The topological polar surface area (TPSA) is 85.6 Å². The fourth-order valence-electron chi connectivity index (χ4n) is 2.28. The first kappa shape index (κ1) is 15.7. The van der Waals surface area contributed by atoms with Crippen LogP contribution in [-0.2, 0) is 4.74 Å². The molecule has 2 heterocycles. The molecule has 0 saturated heterocycles. The first-order valence-electron chi connectivity index (χ1n) is 7.48. The third-order valence-corrected chi connectivity index (χ3v) is 3.42. The summed E-state index contributed by atoms with van der Waals surface area (Å²) < 4.78 is 6.58. The predicted octanol–water partition coefficient (Wildman–Crippen LogP) is 2.47. The molecule has 0 radical (unpaired) electrons. The molecule has 1 N–H and O–H groups in total. The van der Waals surface area contributed by atoms with Gasteiger partial charge in [0.25, 0.3) is 5.91 Å². The highest BCUT2D eigenvalue weighted by atomic mass is 16.5. The van der Waals surface area contributed by atoms with Crippen LogP contribution in [0.3, 0.4) is 0 Å². The number of rotatable bonds is 4. The maximum atomic E-state index is 12.4. The Morgan fingerprint density at radius 3 is 2.67 bits per heavy atom. The smallest absolute Gasteiger partial charge is 0.338 e. The fraction of sp³-hybridized carbons (Fsp3) is 0.176. The number of esters is 1. The number of hydrogen-bond donors (Lipinski definition) is 1. The summed E-state index contributed by atoms with van der Waals surface area (Å²) in [5, 5.41) is 6.88. The van der Waals surface area contributed by atoms with Crippen LogP contribution in [0.5, 0.6) is 0 Å². The van der Waals surface area contributed by atoms with Crippen molar-refractivity contribution >= 4 is 23.2 Å². The van der Waals surface area contributed by atoms with Crippen molar-refractivity contribution in [2.24, 2.45) is 0 Å². The van der Waals surface area contributed by atoms with Gasteiger partial charge in [-0.25, -0.2) is 14.3 Å². The largest absolute Gasteiger partial charge is 0.462 e. The zero-order chi connectivity index (χ0) is 17.1. The highest BCUT2D eigenvalue weighted by Crippen LogP contribution is 2.13. The van der Waals surface area contributed by atoms with Gasteiger partial charge in [-0.1, -0.05) is 0 Å². The summed E-state index contributed by atoms with van der Waals surface area (Å²) in [6.07, 6.45) is 1.63. The van der Waals surface area contributed by atoms with E-state index in [1.54, 1.807) is 54.0 Å². The number of ether oxygens (including phenoxy) is 1. The molecule has 0 aliphatic heterocycles. The molecule has 7 nitrogen and oxygen atoms in total. The maximum absolute atomic E-state index is 12.4. The molecule has 7 heteroatoms. The van der Waals surface area contributed by atoms with Crippen molar-refractivity contribution in [2.75, 3.05) is 11.9 Å². The number of amides is 1. The van der Waals surface area contributed by atoms with Crippen LogP contribution in [0.4, 0.5) is 5.69 Å². The highest BCUT2D eigenvalue weighted by molar-refractivity contribution is 6.03. The molecule has 24 heavy (non-hydrogen) atoms. The van der Waals surface area contributed by atoms with Crippen LogP contribution >= 0.6 is 0 Å². The van der Waals surface area contributed by atoms with Crippen LogP contribution in [0.15, 0.2) is 42.6 Å². The second kappa shape index (κ2) is 6.49. The normalized spacial score (nSPS) is 10.6. The van der Waals surface area contributed by atoms with Crippen LogP contribution in [0.2, 0.25) is 0 Å². The Balaban J connectivity index is 1.77. The quantitative estimate of drug-likeness (QED) is 0.745. The molecule has 1 aromatic carbocycles. The number of aromatic nitrogens is 3. The minimum absolute atomic E-state index is 0.301. The summed E-state index contributed by atoms with van der Waals surface area (Å²) in [6, 6.07) is 9.90. The molecule has 3 rings (SSSR count). The van der Waals surface area contributed by atoms with Gasteiger partial charge in [0.2, 0.25) is 0 Å². The average Bonchev–Trinajstić information content (AvgIpc) is 3.05. The summed E-state index contributed by atoms with van der Waals surface area (Å²) in [5.41, 5.74) is 2.73. The Bertz CT molecular complexity index is 900. The van der Waals surface area contributed by atoms with E-state index in [4.69, 9.17) is 4.74 Å². The second-order valence-corrected chi connectivity index (χ2v) is 5.14. The van der Waals surface area contributed by atoms with Crippen molar-refractivity contribution in [1.82, 2.24) is 14.6 Å². The number of nitrogens with one attached hydrogen (secondary N) is 1. The van der Waals surface area contributed by atoms with Gasteiger partial charge in [-0.05, 0) is 44.2 Å². The van der Waals surface area contributed by atoms with Gasteiger partial charge in [0.15, 0.2) is 5.65 Å². The monoisotopic (exact) mass is 324 g/mol. The third-order valence-electron chi connectivity index (χ3n) is 3.42. The zero-order valence-corrected chi connectivity index (χ0v) is 13.3. The fourth-order valence-corrected chi connectivity index (χ4v) is 2.28. The van der Waals surface area contributed by atoms with Crippen LogP contribution in [0.1, 0.15) is 33.5 Å². The average molecular weight is 324 g/mol. The van der Waals surface area contributed by atoms with Crippen molar-refractivity contribution < 1.29 is 14.3 Å². The summed E-state index contributed by atoms with van der Waals surface area (Å²) >= 11 is 0. The van der Waals surface area contributed by atoms with Gasteiger partial charge in [0.1, 0.15) is 5.69 Å². The number of benzene rings is 1. The number of nitrogens with zero attached hydrogens (tertiary/aromatic N) is 3. The van der Waals surface area contributed by atoms with E-state index in [0.29, 0.717) is 29.2 Å². The van der Waals surface area contributed by atoms with Crippen LogP contribution in [-0.4, -0.2) is 33.1 Å². The van der Waals surface area contributed by atoms with Crippen LogP contribution in [0.25, 0.3) is 5.65 Å². The van der Waals surface area contributed by atoms with Crippen LogP contribution in [0, 0.1) is 6.92 Å². The molecular formula is C17H16N4O3. The van der Waals surface area contributed by atoms with Crippen molar-refractivity contribution in [3.8, 4) is 0 Å². The number of carbonyl (C=O) groups excluding carboxylic acids is 2. The lowest BCUT2D eigenvalue weighted by atomic mass is 10.2. The van der Waals surface area contributed by atoms with E-state index >= 15 is 0 Å². The van der Waals surface area contributed by atoms with Gasteiger partial charge >= 0.3 is 5.97 Å². The predicted molar refractivity (Wildman–Crippen MR) is 88.1 cm³/mol. The molecule has 0 aliphatic carbocycles. The lowest BCUT2D eigenvalue weighted by molar-refractivity contribution is 0.0526. The van der Waals surface area contributed by atoms with Gasteiger partial charge in [0, 0.05) is 17.4 Å². The van der Waals surface area contributed by atoms with E-state index in [1.165, 1.54) is 0 Å². The maximum Gasteiger partial charge on any atom is 0.338 e. The van der Waals surface area contributed by atoms with Gasteiger partial charge in [0.05, 0.1) is 18.4 Å². The lowest BCUT2D eigenvalue weighted by Crippen LogP contribution is -2.15. The molecule has 0 aliphatic rings. The molecule has 122 valence electrons. The lowest BCUT2D eigenvalue weighted by Gasteiger charge is -2.07. The highest BCUT2D eigenvalue weighted by Gasteiger charge is 2.12. The number of hydrogen-bond acceptors (Lipinski definition) is 5. The van der Waals surface area contributed by atoms with Crippen molar-refractivity contribution in [3.63, 3.8) is 0 Å². The van der Waals surface area contributed by atoms with Gasteiger partial charge in [-0.2, -0.15) is 5.10 Å². The Morgan fingerprint density at radius 1 is 1.21 bits per heavy atom. The number of carbonyl (C=O) groups is 2. The van der Waals surface area contributed by atoms with Gasteiger partial charge in [-0.15, -0.1) is 0 Å². The molecular weight excluding hydrogens is 308 g/mol. The third kappa shape index (κ3) is 3.10. The van der Waals surface area contributed by atoms with Crippen molar-refractivity contribution in [1.29, 1.82) is 0 Å². The minimum Gasteiger partial charge on any atom is -0.462 e. The van der Waals surface area contributed by atoms with E-state index in [0.717, 1.165) is 5.69 Å². The first-order chi connectivity index (χ1) is 11.6. The Morgan fingerprint density at radius 2 is 1.96 bits per heavy atom. The summed E-state index contributed by atoms with van der Waals surface area (Å²) in [4.78, 5) is 28.2. The standard InChI is InChI=1S/C17H16N4O3/c1-3-24-17(23)12-4-6-13(7-5-12)19-16(22)14-10-11(2)21-15(20-14)8-9-18-21/h4-10H,3H2,1-2H3,(H,19,22). The van der Waals surface area contributed by atoms with Crippen molar-refractivity contribution in [2.45, 2.75) is 13.8 Å². The molecule has 2 aromatic heterocycles. The van der Waals surface area contributed by atoms with E-state index in [1.807, 2.05) is 6.92 Å². The first-order valence-corrected chi connectivity index (χ1v) is 7.48. The summed E-state index contributed by atoms with van der Waals surface area (Å²) in [7, 11) is 0. The van der Waals surface area contributed by atoms with Crippen LogP contribution < -0.4 is 5.32 Å². The molecule has 0 atom stereocenters. The van der Waals surface area contributed by atoms with Crippen molar-refractivity contribution in [3.05, 3.63) is 59.5 Å². The van der Waals surface area contributed by atoms with E-state index < -0.39 is 0 Å². The molecule has 3 aromatic rings. The minimum atomic E-state index is -0.390. The molecule has 0 spiro atoms. The summed E-state index contributed by atoms with van der Waals surface area (Å²) in [5.74, 6) is -0.718. The second-order valence-electron chi connectivity index (χ2n) is 5.14. The number of fused-ring (bicyclic) bond motifs is 1. The summed E-state index contributed by atoms with van der Waals surface area (Å²) in [6.45, 7) is 3.92. The molecule has 1 amide bonds. The van der Waals surface area contributed by atoms with Gasteiger partial charge < -0.3 is 10.1 Å². The van der Waals surface area contributed by atoms with E-state index in [-0.39, 0.29) is 11.9 Å². The van der Waals surface area contributed by atoms with Gasteiger partial charge in [-0.3, -0.25) is 4.79 Å². The van der Waals surface area contributed by atoms with E-state index in [2.05, 4.69) is 15.4 Å². The Kier molecular flexibility index (Phi) is 4.24. The molecule has 0 fully saturated rings. The number of anilines is 1. The molecule has 0 saturated carbocycles. The molecule has 0 unspecified atom stereocenters. The number of aryl methyl sites for hydroxylation is 1. The Hall–Kier alpha value is -3.22. The zero-order valence-electron chi connectivity index (χ0n) is 13.3. The Labute approximate surface area is 138 Å². The molecule has 0 bridgehead atoms. The SMILES string of the molecule is CCOC(=O)c1ccc(NC(=O)c2cc(C)n3nccc3n2)cc1. The van der Waals surface area contributed by atoms with E-state index in [9.17, 15) is 9.59 Å².